The van der Waals surface area contributed by atoms with Gasteiger partial charge in [-0.15, -0.1) is 0 Å². The number of anilines is 1. The van der Waals surface area contributed by atoms with E-state index in [0.717, 1.165) is 17.8 Å². The second-order valence-electron chi connectivity index (χ2n) is 5.34. The van der Waals surface area contributed by atoms with Gasteiger partial charge in [-0.25, -0.2) is 0 Å². The Hall–Kier alpha value is -2.33. The number of benzene rings is 2. The zero-order valence-electron chi connectivity index (χ0n) is 12.9. The smallest absolute Gasteiger partial charge is 0.237 e. The van der Waals surface area contributed by atoms with Crippen LogP contribution >= 0.6 is 0 Å². The molecule has 1 unspecified atom stereocenters. The Morgan fingerprint density at radius 1 is 1.09 bits per heavy atom. The summed E-state index contributed by atoms with van der Waals surface area (Å²) in [7, 11) is 2.01. The molecule has 0 radical (unpaired) electrons. The molecular weight excluding hydrogens is 274 g/mol. The molecule has 1 amide bonds. The quantitative estimate of drug-likeness (QED) is 0.819. The lowest BCUT2D eigenvalue weighted by molar-refractivity contribution is -0.122. The molecule has 4 heteroatoms. The number of amides is 1. The third-order valence-corrected chi connectivity index (χ3v) is 3.58. The minimum Gasteiger partial charge on any atom is -0.373 e. The molecule has 0 aliphatic heterocycles. The highest BCUT2D eigenvalue weighted by atomic mass is 16.2. The van der Waals surface area contributed by atoms with Gasteiger partial charge in [-0.2, -0.15) is 0 Å². The van der Waals surface area contributed by atoms with Crippen LogP contribution in [-0.4, -0.2) is 32.1 Å². The van der Waals surface area contributed by atoms with Crippen LogP contribution in [0.2, 0.25) is 0 Å². The number of para-hydroxylation sites is 1. The standard InChI is InChI=1S/C18H23N3O/c1-21(16-10-6-3-7-11-16)13-12-20-18(22)17(19)14-15-8-4-2-5-9-15/h2-11,17H,12-14,19H2,1H3,(H,20,22). The molecule has 2 aromatic carbocycles. The van der Waals surface area contributed by atoms with Crippen molar-refractivity contribution in [1.29, 1.82) is 0 Å². The highest BCUT2D eigenvalue weighted by molar-refractivity contribution is 5.81. The average Bonchev–Trinajstić information content (AvgIpc) is 2.56. The molecular formula is C18H23N3O. The van der Waals surface area contributed by atoms with Crippen molar-refractivity contribution in [3.63, 3.8) is 0 Å². The van der Waals surface area contributed by atoms with E-state index in [-0.39, 0.29) is 5.91 Å². The minimum absolute atomic E-state index is 0.106. The van der Waals surface area contributed by atoms with Gasteiger partial charge >= 0.3 is 0 Å². The number of carbonyl (C=O) groups is 1. The highest BCUT2D eigenvalue weighted by Crippen LogP contribution is 2.09. The number of hydrogen-bond acceptors (Lipinski definition) is 3. The molecule has 22 heavy (non-hydrogen) atoms. The summed E-state index contributed by atoms with van der Waals surface area (Å²) in [4.78, 5) is 14.1. The molecule has 1 atom stereocenters. The van der Waals surface area contributed by atoms with Crippen LogP contribution in [0.5, 0.6) is 0 Å². The van der Waals surface area contributed by atoms with Crippen LogP contribution in [0.4, 0.5) is 5.69 Å². The summed E-state index contributed by atoms with van der Waals surface area (Å²) in [5, 5.41) is 2.90. The maximum atomic E-state index is 12.0. The zero-order valence-corrected chi connectivity index (χ0v) is 12.9. The van der Waals surface area contributed by atoms with Crippen LogP contribution in [-0.2, 0) is 11.2 Å². The minimum atomic E-state index is -0.510. The van der Waals surface area contributed by atoms with Crippen molar-refractivity contribution in [2.45, 2.75) is 12.5 Å². The van der Waals surface area contributed by atoms with Crippen LogP contribution in [0.3, 0.4) is 0 Å². The molecule has 2 rings (SSSR count). The van der Waals surface area contributed by atoms with E-state index in [2.05, 4.69) is 10.2 Å². The van der Waals surface area contributed by atoms with Crippen LogP contribution < -0.4 is 16.0 Å². The van der Waals surface area contributed by atoms with Crippen LogP contribution in [0, 0.1) is 0 Å². The number of rotatable bonds is 7. The molecule has 0 fully saturated rings. The first-order chi connectivity index (χ1) is 10.7. The van der Waals surface area contributed by atoms with E-state index >= 15 is 0 Å². The first kappa shape index (κ1) is 16.0. The van der Waals surface area contributed by atoms with Gasteiger partial charge in [0, 0.05) is 25.8 Å². The Balaban J connectivity index is 1.73. The van der Waals surface area contributed by atoms with E-state index < -0.39 is 6.04 Å². The molecule has 0 heterocycles. The van der Waals surface area contributed by atoms with Crippen LogP contribution in [0.1, 0.15) is 5.56 Å². The number of nitrogens with one attached hydrogen (secondary N) is 1. The Bertz CT molecular complexity index is 571. The first-order valence-electron chi connectivity index (χ1n) is 7.50. The van der Waals surface area contributed by atoms with Gasteiger partial charge in [0.1, 0.15) is 0 Å². The zero-order chi connectivity index (χ0) is 15.8. The van der Waals surface area contributed by atoms with Crippen molar-refractivity contribution >= 4 is 11.6 Å². The number of hydrogen-bond donors (Lipinski definition) is 2. The molecule has 4 nitrogen and oxygen atoms in total. The lowest BCUT2D eigenvalue weighted by Gasteiger charge is -2.20. The Kier molecular flexibility index (Phi) is 5.98. The average molecular weight is 297 g/mol. The fourth-order valence-corrected chi connectivity index (χ4v) is 2.25. The number of nitrogens with zero attached hydrogens (tertiary/aromatic N) is 1. The molecule has 0 saturated carbocycles. The number of nitrogens with two attached hydrogens (primary N) is 1. The van der Waals surface area contributed by atoms with Gasteiger partial charge in [-0.1, -0.05) is 48.5 Å². The maximum absolute atomic E-state index is 12.0. The van der Waals surface area contributed by atoms with Crippen LogP contribution in [0.25, 0.3) is 0 Å². The van der Waals surface area contributed by atoms with Crippen molar-refractivity contribution in [2.75, 3.05) is 25.0 Å². The molecule has 0 saturated heterocycles. The van der Waals surface area contributed by atoms with Gasteiger partial charge < -0.3 is 16.0 Å². The molecule has 3 N–H and O–H groups in total. The van der Waals surface area contributed by atoms with Gasteiger partial charge in [0.25, 0.3) is 0 Å². The van der Waals surface area contributed by atoms with Crippen molar-refractivity contribution < 1.29 is 4.79 Å². The number of carbonyl (C=O) groups excluding carboxylic acids is 1. The van der Waals surface area contributed by atoms with Gasteiger partial charge in [0.15, 0.2) is 0 Å². The van der Waals surface area contributed by atoms with Gasteiger partial charge in [-0.3, -0.25) is 4.79 Å². The molecule has 0 aliphatic carbocycles. The van der Waals surface area contributed by atoms with Gasteiger partial charge in [0.2, 0.25) is 5.91 Å². The SMILES string of the molecule is CN(CCNC(=O)C(N)Cc1ccccc1)c1ccccc1. The van der Waals surface area contributed by atoms with E-state index in [0.29, 0.717) is 13.0 Å². The van der Waals surface area contributed by atoms with Crippen molar-refractivity contribution in [3.05, 3.63) is 66.2 Å². The summed E-state index contributed by atoms with van der Waals surface area (Å²) in [6, 6.07) is 19.4. The highest BCUT2D eigenvalue weighted by Gasteiger charge is 2.13. The second-order valence-corrected chi connectivity index (χ2v) is 5.34. The summed E-state index contributed by atoms with van der Waals surface area (Å²) in [5.41, 5.74) is 8.16. The Morgan fingerprint density at radius 3 is 2.32 bits per heavy atom. The maximum Gasteiger partial charge on any atom is 0.237 e. The van der Waals surface area contributed by atoms with Gasteiger partial charge in [-0.05, 0) is 24.1 Å². The first-order valence-corrected chi connectivity index (χ1v) is 7.50. The second kappa shape index (κ2) is 8.20. The summed E-state index contributed by atoms with van der Waals surface area (Å²) < 4.78 is 0. The summed E-state index contributed by atoms with van der Waals surface area (Å²) in [6.07, 6.45) is 0.557. The molecule has 2 aromatic rings. The third-order valence-electron chi connectivity index (χ3n) is 3.58. The van der Waals surface area contributed by atoms with Crippen molar-refractivity contribution in [2.24, 2.45) is 5.73 Å². The largest absolute Gasteiger partial charge is 0.373 e. The summed E-state index contributed by atoms with van der Waals surface area (Å²) in [6.45, 7) is 1.32. The lowest BCUT2D eigenvalue weighted by atomic mass is 10.1. The fourth-order valence-electron chi connectivity index (χ4n) is 2.25. The molecule has 116 valence electrons. The van der Waals surface area contributed by atoms with E-state index in [4.69, 9.17) is 5.73 Å². The van der Waals surface area contributed by atoms with Gasteiger partial charge in [0.05, 0.1) is 6.04 Å². The van der Waals surface area contributed by atoms with E-state index in [9.17, 15) is 4.79 Å². The Morgan fingerprint density at radius 2 is 1.68 bits per heavy atom. The third kappa shape index (κ3) is 4.90. The number of likely N-dealkylation sites (N-methyl/N-ethyl adjacent to an activating group) is 1. The monoisotopic (exact) mass is 297 g/mol. The summed E-state index contributed by atoms with van der Waals surface area (Å²) in [5.74, 6) is -0.106. The Labute approximate surface area is 131 Å². The normalized spacial score (nSPS) is 11.7. The van der Waals surface area contributed by atoms with Crippen molar-refractivity contribution in [3.8, 4) is 0 Å². The predicted molar refractivity (Wildman–Crippen MR) is 90.8 cm³/mol. The fraction of sp³-hybridized carbons (Fsp3) is 0.278. The molecule has 0 bridgehead atoms. The molecule has 0 aliphatic rings. The van der Waals surface area contributed by atoms with E-state index in [1.165, 1.54) is 0 Å². The molecule has 0 spiro atoms. The lowest BCUT2D eigenvalue weighted by Crippen LogP contribution is -2.44. The van der Waals surface area contributed by atoms with E-state index in [1.54, 1.807) is 0 Å². The predicted octanol–water partition coefficient (Wildman–Crippen LogP) is 1.81. The topological polar surface area (TPSA) is 58.4 Å². The van der Waals surface area contributed by atoms with Crippen LogP contribution in [0.15, 0.2) is 60.7 Å². The summed E-state index contributed by atoms with van der Waals surface area (Å²) >= 11 is 0. The molecule has 0 aromatic heterocycles. The van der Waals surface area contributed by atoms with Crippen molar-refractivity contribution in [1.82, 2.24) is 5.32 Å². The van der Waals surface area contributed by atoms with E-state index in [1.807, 2.05) is 67.7 Å².